The monoisotopic (exact) mass is 340 g/mol. The Kier molecular flexibility index (Phi) is 6.57. The van der Waals surface area contributed by atoms with Crippen LogP contribution in [0.3, 0.4) is 0 Å². The van der Waals surface area contributed by atoms with Gasteiger partial charge in [0.1, 0.15) is 5.75 Å². The van der Waals surface area contributed by atoms with Crippen LogP contribution in [0.1, 0.15) is 36.2 Å². The molecule has 5 heteroatoms. The standard InChI is InChI=1S/C20H24N2O3/c1-14(2)9-10-21-20(24)16-7-8-19(15(3)11-16)22-17-5-4-6-18(12-17)25-13-23/h4-8,11-14,22H,9-10H2,1-3H3,(H,21,24). The summed E-state index contributed by atoms with van der Waals surface area (Å²) in [6.45, 7) is 7.28. The molecule has 0 atom stereocenters. The molecular weight excluding hydrogens is 316 g/mol. The Morgan fingerprint density at radius 3 is 2.68 bits per heavy atom. The van der Waals surface area contributed by atoms with Gasteiger partial charge in [0, 0.05) is 29.5 Å². The molecule has 0 unspecified atom stereocenters. The maximum Gasteiger partial charge on any atom is 0.298 e. The van der Waals surface area contributed by atoms with E-state index < -0.39 is 0 Å². The Bertz CT molecular complexity index is 741. The first-order valence-electron chi connectivity index (χ1n) is 8.36. The van der Waals surface area contributed by atoms with Crippen molar-refractivity contribution in [2.45, 2.75) is 27.2 Å². The van der Waals surface area contributed by atoms with Crippen LogP contribution in [0.2, 0.25) is 0 Å². The number of hydrogen-bond acceptors (Lipinski definition) is 4. The molecule has 2 N–H and O–H groups in total. The van der Waals surface area contributed by atoms with E-state index in [1.165, 1.54) is 0 Å². The number of hydrogen-bond donors (Lipinski definition) is 2. The maximum atomic E-state index is 12.2. The third-order valence-corrected chi connectivity index (χ3v) is 3.79. The minimum atomic E-state index is -0.0586. The number of carbonyl (C=O) groups excluding carboxylic acids is 2. The van der Waals surface area contributed by atoms with E-state index in [1.807, 2.05) is 25.1 Å². The number of benzene rings is 2. The summed E-state index contributed by atoms with van der Waals surface area (Å²) >= 11 is 0. The molecule has 0 aliphatic carbocycles. The van der Waals surface area contributed by atoms with Gasteiger partial charge in [-0.1, -0.05) is 19.9 Å². The van der Waals surface area contributed by atoms with Crippen LogP contribution in [0.4, 0.5) is 11.4 Å². The molecule has 0 aromatic heterocycles. The predicted octanol–water partition coefficient (Wildman–Crippen LogP) is 4.05. The first-order chi connectivity index (χ1) is 12.0. The normalized spacial score (nSPS) is 10.4. The van der Waals surface area contributed by atoms with Gasteiger partial charge in [-0.2, -0.15) is 0 Å². The van der Waals surface area contributed by atoms with Gasteiger partial charge in [-0.15, -0.1) is 0 Å². The molecule has 0 fully saturated rings. The Hall–Kier alpha value is -2.82. The second-order valence-corrected chi connectivity index (χ2v) is 6.34. The predicted molar refractivity (Wildman–Crippen MR) is 99.4 cm³/mol. The highest BCUT2D eigenvalue weighted by Crippen LogP contribution is 2.24. The van der Waals surface area contributed by atoms with E-state index in [-0.39, 0.29) is 5.91 Å². The summed E-state index contributed by atoms with van der Waals surface area (Å²) in [4.78, 5) is 22.6. The average Bonchev–Trinajstić information content (AvgIpc) is 2.57. The number of aryl methyl sites for hydroxylation is 1. The van der Waals surface area contributed by atoms with E-state index in [4.69, 9.17) is 4.74 Å². The van der Waals surface area contributed by atoms with Crippen LogP contribution >= 0.6 is 0 Å². The molecule has 25 heavy (non-hydrogen) atoms. The first kappa shape index (κ1) is 18.5. The van der Waals surface area contributed by atoms with Gasteiger partial charge in [0.15, 0.2) is 0 Å². The summed E-state index contributed by atoms with van der Waals surface area (Å²) in [5, 5.41) is 6.21. The fourth-order valence-corrected chi connectivity index (χ4v) is 2.38. The molecule has 0 radical (unpaired) electrons. The lowest BCUT2D eigenvalue weighted by molar-refractivity contribution is -0.120. The van der Waals surface area contributed by atoms with Gasteiger partial charge < -0.3 is 15.4 Å². The zero-order valence-electron chi connectivity index (χ0n) is 14.8. The Labute approximate surface area is 148 Å². The quantitative estimate of drug-likeness (QED) is 0.712. The van der Waals surface area contributed by atoms with Gasteiger partial charge in [0.2, 0.25) is 0 Å². The van der Waals surface area contributed by atoms with Crippen molar-refractivity contribution in [3.63, 3.8) is 0 Å². The summed E-state index contributed by atoms with van der Waals surface area (Å²) in [6.07, 6.45) is 0.962. The number of carbonyl (C=O) groups is 2. The van der Waals surface area contributed by atoms with E-state index in [2.05, 4.69) is 24.5 Å². The number of nitrogens with one attached hydrogen (secondary N) is 2. The van der Waals surface area contributed by atoms with Gasteiger partial charge in [-0.05, 0) is 55.2 Å². The molecule has 0 aliphatic rings. The Balaban J connectivity index is 2.05. The molecule has 0 spiro atoms. The van der Waals surface area contributed by atoms with E-state index in [1.54, 1.807) is 24.3 Å². The second kappa shape index (κ2) is 8.87. The fraction of sp³-hybridized carbons (Fsp3) is 0.300. The molecule has 5 nitrogen and oxygen atoms in total. The van der Waals surface area contributed by atoms with E-state index in [0.717, 1.165) is 23.4 Å². The van der Waals surface area contributed by atoms with Crippen LogP contribution in [0, 0.1) is 12.8 Å². The SMILES string of the molecule is Cc1cc(C(=O)NCCC(C)C)ccc1Nc1cccc(OC=O)c1. The molecule has 0 saturated carbocycles. The van der Waals surface area contributed by atoms with E-state index in [0.29, 0.717) is 30.2 Å². The highest BCUT2D eigenvalue weighted by molar-refractivity contribution is 5.95. The lowest BCUT2D eigenvalue weighted by Gasteiger charge is -2.12. The lowest BCUT2D eigenvalue weighted by atomic mass is 10.1. The zero-order chi connectivity index (χ0) is 18.2. The van der Waals surface area contributed by atoms with Crippen LogP contribution in [-0.4, -0.2) is 18.9 Å². The minimum absolute atomic E-state index is 0.0586. The van der Waals surface area contributed by atoms with E-state index in [9.17, 15) is 9.59 Å². The summed E-state index contributed by atoms with van der Waals surface area (Å²) in [6, 6.07) is 12.7. The number of rotatable bonds is 8. The number of anilines is 2. The van der Waals surface area contributed by atoms with Gasteiger partial charge in [-0.25, -0.2) is 0 Å². The van der Waals surface area contributed by atoms with Gasteiger partial charge in [0.25, 0.3) is 12.4 Å². The summed E-state index contributed by atoms with van der Waals surface area (Å²) in [5.74, 6) is 0.975. The molecule has 0 heterocycles. The van der Waals surface area contributed by atoms with Crippen molar-refractivity contribution in [3.05, 3.63) is 53.6 Å². The van der Waals surface area contributed by atoms with Crippen molar-refractivity contribution in [2.75, 3.05) is 11.9 Å². The molecule has 1 amide bonds. The van der Waals surface area contributed by atoms with Crippen LogP contribution in [0.15, 0.2) is 42.5 Å². The van der Waals surface area contributed by atoms with Crippen molar-refractivity contribution >= 4 is 23.8 Å². The fourth-order valence-electron chi connectivity index (χ4n) is 2.38. The molecule has 0 bridgehead atoms. The van der Waals surface area contributed by atoms with Gasteiger partial charge in [0.05, 0.1) is 0 Å². The molecular formula is C20H24N2O3. The number of ether oxygens (including phenoxy) is 1. The van der Waals surface area contributed by atoms with Crippen molar-refractivity contribution < 1.29 is 14.3 Å². The molecule has 0 aliphatic heterocycles. The molecule has 2 rings (SSSR count). The maximum absolute atomic E-state index is 12.2. The van der Waals surface area contributed by atoms with E-state index >= 15 is 0 Å². The molecule has 0 saturated heterocycles. The smallest absolute Gasteiger partial charge is 0.298 e. The highest BCUT2D eigenvalue weighted by atomic mass is 16.5. The third kappa shape index (κ3) is 5.64. The molecule has 2 aromatic rings. The average molecular weight is 340 g/mol. The number of amides is 1. The minimum Gasteiger partial charge on any atom is -0.429 e. The van der Waals surface area contributed by atoms with Crippen molar-refractivity contribution in [3.8, 4) is 5.75 Å². The largest absolute Gasteiger partial charge is 0.429 e. The zero-order valence-corrected chi connectivity index (χ0v) is 14.8. The van der Waals surface area contributed by atoms with Gasteiger partial charge in [-0.3, -0.25) is 9.59 Å². The summed E-state index contributed by atoms with van der Waals surface area (Å²) in [7, 11) is 0. The van der Waals surface area contributed by atoms with Crippen LogP contribution < -0.4 is 15.4 Å². The second-order valence-electron chi connectivity index (χ2n) is 6.34. The van der Waals surface area contributed by atoms with Crippen LogP contribution in [0.5, 0.6) is 5.75 Å². The Morgan fingerprint density at radius 2 is 2.00 bits per heavy atom. The topological polar surface area (TPSA) is 67.4 Å². The summed E-state index contributed by atoms with van der Waals surface area (Å²) < 4.78 is 4.85. The van der Waals surface area contributed by atoms with Crippen molar-refractivity contribution in [1.29, 1.82) is 0 Å². The van der Waals surface area contributed by atoms with Crippen LogP contribution in [0.25, 0.3) is 0 Å². The van der Waals surface area contributed by atoms with Crippen LogP contribution in [-0.2, 0) is 4.79 Å². The van der Waals surface area contributed by atoms with Crippen molar-refractivity contribution in [2.24, 2.45) is 5.92 Å². The van der Waals surface area contributed by atoms with Crippen molar-refractivity contribution in [1.82, 2.24) is 5.32 Å². The highest BCUT2D eigenvalue weighted by Gasteiger charge is 2.08. The third-order valence-electron chi connectivity index (χ3n) is 3.79. The molecule has 2 aromatic carbocycles. The first-order valence-corrected chi connectivity index (χ1v) is 8.36. The lowest BCUT2D eigenvalue weighted by Crippen LogP contribution is -2.25. The molecule has 132 valence electrons. The van der Waals surface area contributed by atoms with Gasteiger partial charge >= 0.3 is 0 Å². The summed E-state index contributed by atoms with van der Waals surface area (Å²) in [5.41, 5.74) is 3.29. The Morgan fingerprint density at radius 1 is 1.20 bits per heavy atom.